The predicted octanol–water partition coefficient (Wildman–Crippen LogP) is 1.62. The fourth-order valence-electron chi connectivity index (χ4n) is 1.22. The lowest BCUT2D eigenvalue weighted by atomic mass is 10.3. The molecule has 0 aliphatic rings. The third kappa shape index (κ3) is 2.69. The SMILES string of the molecule is O=C(O)c1cnc(Nc2cccc(O)c2)nc1. The van der Waals surface area contributed by atoms with E-state index in [0.29, 0.717) is 5.69 Å². The second kappa shape index (κ2) is 4.48. The van der Waals surface area contributed by atoms with E-state index in [2.05, 4.69) is 15.3 Å². The molecule has 3 N–H and O–H groups in total. The van der Waals surface area contributed by atoms with E-state index in [1.54, 1.807) is 18.2 Å². The number of hydrogen-bond acceptors (Lipinski definition) is 5. The van der Waals surface area contributed by atoms with Crippen LogP contribution in [0.3, 0.4) is 0 Å². The first-order chi connectivity index (χ1) is 8.15. The van der Waals surface area contributed by atoms with Gasteiger partial charge in [-0.05, 0) is 12.1 Å². The van der Waals surface area contributed by atoms with Crippen LogP contribution < -0.4 is 5.32 Å². The van der Waals surface area contributed by atoms with Crippen molar-refractivity contribution in [2.75, 3.05) is 5.32 Å². The molecule has 0 aliphatic heterocycles. The maximum absolute atomic E-state index is 10.6. The predicted molar refractivity (Wildman–Crippen MR) is 60.4 cm³/mol. The molecular formula is C11H9N3O3. The summed E-state index contributed by atoms with van der Waals surface area (Å²) in [6, 6.07) is 6.45. The summed E-state index contributed by atoms with van der Waals surface area (Å²) >= 11 is 0. The molecule has 1 heterocycles. The molecular weight excluding hydrogens is 222 g/mol. The Morgan fingerprint density at radius 2 is 1.94 bits per heavy atom. The average molecular weight is 231 g/mol. The van der Waals surface area contributed by atoms with E-state index in [-0.39, 0.29) is 17.3 Å². The van der Waals surface area contributed by atoms with Crippen LogP contribution in [-0.4, -0.2) is 26.2 Å². The van der Waals surface area contributed by atoms with E-state index in [9.17, 15) is 9.90 Å². The molecule has 0 bridgehead atoms. The summed E-state index contributed by atoms with van der Waals surface area (Å²) in [5, 5.41) is 20.8. The number of aromatic hydroxyl groups is 1. The molecule has 6 nitrogen and oxygen atoms in total. The van der Waals surface area contributed by atoms with Crippen molar-refractivity contribution in [1.82, 2.24) is 9.97 Å². The van der Waals surface area contributed by atoms with E-state index < -0.39 is 5.97 Å². The zero-order chi connectivity index (χ0) is 12.3. The van der Waals surface area contributed by atoms with Gasteiger partial charge in [0.15, 0.2) is 0 Å². The van der Waals surface area contributed by atoms with Crippen LogP contribution in [-0.2, 0) is 0 Å². The average Bonchev–Trinajstić information content (AvgIpc) is 2.29. The highest BCUT2D eigenvalue weighted by molar-refractivity contribution is 5.86. The van der Waals surface area contributed by atoms with Crippen molar-refractivity contribution < 1.29 is 15.0 Å². The highest BCUT2D eigenvalue weighted by atomic mass is 16.4. The fourth-order valence-corrected chi connectivity index (χ4v) is 1.22. The topological polar surface area (TPSA) is 95.3 Å². The van der Waals surface area contributed by atoms with Crippen molar-refractivity contribution in [3.8, 4) is 5.75 Å². The third-order valence-corrected chi connectivity index (χ3v) is 2.00. The van der Waals surface area contributed by atoms with Crippen molar-refractivity contribution in [3.63, 3.8) is 0 Å². The molecule has 1 aromatic heterocycles. The number of benzene rings is 1. The van der Waals surface area contributed by atoms with Gasteiger partial charge in [0.2, 0.25) is 5.95 Å². The van der Waals surface area contributed by atoms with Crippen LogP contribution >= 0.6 is 0 Å². The van der Waals surface area contributed by atoms with Crippen LogP contribution in [0.2, 0.25) is 0 Å². The zero-order valence-electron chi connectivity index (χ0n) is 8.66. The Hall–Kier alpha value is -2.63. The largest absolute Gasteiger partial charge is 0.508 e. The first kappa shape index (κ1) is 10.9. The normalized spacial score (nSPS) is 9.88. The van der Waals surface area contributed by atoms with Crippen LogP contribution in [0, 0.1) is 0 Å². The maximum Gasteiger partial charge on any atom is 0.338 e. The first-order valence-electron chi connectivity index (χ1n) is 4.76. The smallest absolute Gasteiger partial charge is 0.338 e. The highest BCUT2D eigenvalue weighted by Gasteiger charge is 2.04. The van der Waals surface area contributed by atoms with E-state index >= 15 is 0 Å². The quantitative estimate of drug-likeness (QED) is 0.743. The Kier molecular flexibility index (Phi) is 2.87. The van der Waals surface area contributed by atoms with Gasteiger partial charge in [0, 0.05) is 24.1 Å². The second-order valence-corrected chi connectivity index (χ2v) is 3.28. The van der Waals surface area contributed by atoms with E-state index in [4.69, 9.17) is 5.11 Å². The number of nitrogens with zero attached hydrogens (tertiary/aromatic N) is 2. The molecule has 0 saturated carbocycles. The van der Waals surface area contributed by atoms with Crippen molar-refractivity contribution in [2.45, 2.75) is 0 Å². The number of aromatic nitrogens is 2. The van der Waals surface area contributed by atoms with Gasteiger partial charge in [0.1, 0.15) is 5.75 Å². The van der Waals surface area contributed by atoms with Crippen molar-refractivity contribution in [3.05, 3.63) is 42.2 Å². The lowest BCUT2D eigenvalue weighted by Crippen LogP contribution is -2.01. The second-order valence-electron chi connectivity index (χ2n) is 3.28. The lowest BCUT2D eigenvalue weighted by molar-refractivity contribution is 0.0696. The number of nitrogens with one attached hydrogen (secondary N) is 1. The molecule has 0 amide bonds. The van der Waals surface area contributed by atoms with Gasteiger partial charge in [-0.15, -0.1) is 0 Å². The Bertz CT molecular complexity index is 540. The van der Waals surface area contributed by atoms with E-state index in [1.165, 1.54) is 18.5 Å². The van der Waals surface area contributed by atoms with Gasteiger partial charge >= 0.3 is 5.97 Å². The van der Waals surface area contributed by atoms with E-state index in [0.717, 1.165) is 0 Å². The maximum atomic E-state index is 10.6. The summed E-state index contributed by atoms with van der Waals surface area (Å²) in [4.78, 5) is 18.3. The van der Waals surface area contributed by atoms with Crippen molar-refractivity contribution >= 4 is 17.6 Å². The van der Waals surface area contributed by atoms with Gasteiger partial charge in [-0.2, -0.15) is 0 Å². The molecule has 0 aliphatic carbocycles. The summed E-state index contributed by atoms with van der Waals surface area (Å²) in [7, 11) is 0. The number of phenolic OH excluding ortho intramolecular Hbond substituents is 1. The van der Waals surface area contributed by atoms with Crippen LogP contribution in [0.1, 0.15) is 10.4 Å². The molecule has 0 unspecified atom stereocenters. The Balaban J connectivity index is 2.16. The standard InChI is InChI=1S/C11H9N3O3/c15-9-3-1-2-8(4-9)14-11-12-5-7(6-13-11)10(16)17/h1-6,15H,(H,16,17)(H,12,13,14). The molecule has 86 valence electrons. The Labute approximate surface area is 96.6 Å². The number of carboxylic acid groups (broad SMARTS) is 1. The number of carboxylic acids is 1. The number of phenols is 1. The van der Waals surface area contributed by atoms with Gasteiger partial charge < -0.3 is 15.5 Å². The summed E-state index contributed by atoms with van der Waals surface area (Å²) in [6.45, 7) is 0. The minimum absolute atomic E-state index is 0.0199. The molecule has 0 radical (unpaired) electrons. The molecule has 1 aromatic carbocycles. The van der Waals surface area contributed by atoms with Crippen LogP contribution in [0.25, 0.3) is 0 Å². The highest BCUT2D eigenvalue weighted by Crippen LogP contribution is 2.18. The Morgan fingerprint density at radius 3 is 2.53 bits per heavy atom. The summed E-state index contributed by atoms with van der Waals surface area (Å²) in [5.74, 6) is -0.688. The van der Waals surface area contributed by atoms with E-state index in [1.807, 2.05) is 0 Å². The molecule has 0 spiro atoms. The number of rotatable bonds is 3. The molecule has 0 atom stereocenters. The number of hydrogen-bond donors (Lipinski definition) is 3. The zero-order valence-corrected chi connectivity index (χ0v) is 8.66. The first-order valence-corrected chi connectivity index (χ1v) is 4.76. The number of aromatic carboxylic acids is 1. The van der Waals surface area contributed by atoms with Gasteiger partial charge in [-0.25, -0.2) is 14.8 Å². The van der Waals surface area contributed by atoms with Gasteiger partial charge in [0.05, 0.1) is 5.56 Å². The molecule has 2 aromatic rings. The van der Waals surface area contributed by atoms with Crippen LogP contribution in [0.4, 0.5) is 11.6 Å². The molecule has 6 heteroatoms. The monoisotopic (exact) mass is 231 g/mol. The minimum atomic E-state index is -1.08. The van der Waals surface area contributed by atoms with Gasteiger partial charge in [-0.1, -0.05) is 6.07 Å². The summed E-state index contributed by atoms with van der Waals surface area (Å²) < 4.78 is 0. The molecule has 0 fully saturated rings. The molecule has 2 rings (SSSR count). The Morgan fingerprint density at radius 1 is 1.24 bits per heavy atom. The van der Waals surface area contributed by atoms with Gasteiger partial charge in [0.25, 0.3) is 0 Å². The van der Waals surface area contributed by atoms with Crippen LogP contribution in [0.5, 0.6) is 5.75 Å². The fraction of sp³-hybridized carbons (Fsp3) is 0. The van der Waals surface area contributed by atoms with Crippen LogP contribution in [0.15, 0.2) is 36.7 Å². The summed E-state index contributed by atoms with van der Waals surface area (Å²) in [5.41, 5.74) is 0.638. The third-order valence-electron chi connectivity index (χ3n) is 2.00. The number of carbonyl (C=O) groups is 1. The number of anilines is 2. The van der Waals surface area contributed by atoms with Crippen molar-refractivity contribution in [1.29, 1.82) is 0 Å². The van der Waals surface area contributed by atoms with Gasteiger partial charge in [-0.3, -0.25) is 0 Å². The minimum Gasteiger partial charge on any atom is -0.508 e. The van der Waals surface area contributed by atoms with Crippen molar-refractivity contribution in [2.24, 2.45) is 0 Å². The molecule has 17 heavy (non-hydrogen) atoms. The lowest BCUT2D eigenvalue weighted by Gasteiger charge is -2.04. The summed E-state index contributed by atoms with van der Waals surface area (Å²) in [6.07, 6.45) is 2.42. The molecule has 0 saturated heterocycles.